The fourth-order valence-electron chi connectivity index (χ4n) is 2.71. The number of halogens is 3. The Hall–Kier alpha value is -2.59. The summed E-state index contributed by atoms with van der Waals surface area (Å²) in [5.74, 6) is -3.67. The third-order valence-electron chi connectivity index (χ3n) is 4.10. The van der Waals surface area contributed by atoms with Gasteiger partial charge in [0.05, 0.1) is 30.5 Å². The standard InChI is InChI=1S/C18H19F3N2O5/c1-16(2)10-27-17(28-16,18(19,20)21)11-26-14-5-3-12(4-6-14)8-23-9-13(7-22-23)15(24)25/h3-7,9H,8,10-11H2,1-2H3,(H,24,25). The Kier molecular flexibility index (Phi) is 5.11. The molecule has 0 amide bonds. The molecule has 0 aliphatic carbocycles. The monoisotopic (exact) mass is 400 g/mol. The number of rotatable bonds is 6. The van der Waals surface area contributed by atoms with Crippen molar-refractivity contribution in [2.24, 2.45) is 0 Å². The molecule has 1 aromatic heterocycles. The van der Waals surface area contributed by atoms with Crippen LogP contribution in [0.4, 0.5) is 13.2 Å². The van der Waals surface area contributed by atoms with Crippen molar-refractivity contribution >= 4 is 5.97 Å². The summed E-state index contributed by atoms with van der Waals surface area (Å²) in [7, 11) is 0. The Morgan fingerprint density at radius 2 is 2.00 bits per heavy atom. The topological polar surface area (TPSA) is 82.8 Å². The van der Waals surface area contributed by atoms with Crippen molar-refractivity contribution in [2.75, 3.05) is 13.2 Å². The summed E-state index contributed by atoms with van der Waals surface area (Å²) < 4.78 is 57.1. The van der Waals surface area contributed by atoms with Gasteiger partial charge in [-0.2, -0.15) is 18.3 Å². The van der Waals surface area contributed by atoms with Gasteiger partial charge in [-0.3, -0.25) is 4.68 Å². The van der Waals surface area contributed by atoms with Crippen LogP contribution in [0.25, 0.3) is 0 Å². The Bertz CT molecular complexity index is 848. The van der Waals surface area contributed by atoms with Crippen molar-refractivity contribution in [2.45, 2.75) is 38.0 Å². The number of carboxylic acid groups (broad SMARTS) is 1. The minimum atomic E-state index is -4.75. The van der Waals surface area contributed by atoms with E-state index in [1.807, 2.05) is 0 Å². The fourth-order valence-corrected chi connectivity index (χ4v) is 2.71. The summed E-state index contributed by atoms with van der Waals surface area (Å²) >= 11 is 0. The van der Waals surface area contributed by atoms with E-state index in [0.717, 1.165) is 5.56 Å². The Labute approximate surface area is 158 Å². The molecule has 0 spiro atoms. The lowest BCUT2D eigenvalue weighted by atomic mass is 10.2. The number of nitrogens with zero attached hydrogens (tertiary/aromatic N) is 2. The molecule has 1 aromatic carbocycles. The highest BCUT2D eigenvalue weighted by Crippen LogP contribution is 2.43. The number of carboxylic acids is 1. The Morgan fingerprint density at radius 3 is 2.50 bits per heavy atom. The van der Waals surface area contributed by atoms with Crippen molar-refractivity contribution in [3.63, 3.8) is 0 Å². The number of benzene rings is 1. The number of carbonyl (C=O) groups is 1. The fraction of sp³-hybridized carbons (Fsp3) is 0.444. The van der Waals surface area contributed by atoms with Gasteiger partial charge in [-0.05, 0) is 31.5 Å². The summed E-state index contributed by atoms with van der Waals surface area (Å²) in [6, 6.07) is 6.33. The highest BCUT2D eigenvalue weighted by Gasteiger charge is 2.64. The lowest BCUT2D eigenvalue weighted by Crippen LogP contribution is -2.52. The summed E-state index contributed by atoms with van der Waals surface area (Å²) in [6.45, 7) is 2.30. The van der Waals surface area contributed by atoms with Gasteiger partial charge in [0, 0.05) is 6.20 Å². The van der Waals surface area contributed by atoms with Crippen molar-refractivity contribution in [3.8, 4) is 5.75 Å². The van der Waals surface area contributed by atoms with E-state index >= 15 is 0 Å². The summed E-state index contributed by atoms with van der Waals surface area (Å²) in [4.78, 5) is 10.9. The smallest absolute Gasteiger partial charge is 0.447 e. The molecular formula is C18H19F3N2O5. The van der Waals surface area contributed by atoms with Crippen LogP contribution in [-0.2, 0) is 16.0 Å². The molecule has 10 heteroatoms. The Morgan fingerprint density at radius 1 is 1.32 bits per heavy atom. The van der Waals surface area contributed by atoms with E-state index in [0.29, 0.717) is 6.54 Å². The maximum Gasteiger partial charge on any atom is 0.447 e. The van der Waals surface area contributed by atoms with Crippen LogP contribution >= 0.6 is 0 Å². The number of alkyl halides is 3. The Balaban J connectivity index is 1.64. The van der Waals surface area contributed by atoms with Gasteiger partial charge in [-0.1, -0.05) is 12.1 Å². The molecule has 3 rings (SSSR count). The van der Waals surface area contributed by atoms with Crippen LogP contribution in [0, 0.1) is 0 Å². The van der Waals surface area contributed by atoms with E-state index in [1.165, 1.54) is 43.1 Å². The predicted octanol–water partition coefficient (Wildman–Crippen LogP) is 3.09. The zero-order valence-electron chi connectivity index (χ0n) is 15.2. The minimum Gasteiger partial charge on any atom is -0.488 e. The first-order valence-corrected chi connectivity index (χ1v) is 8.38. The molecule has 7 nitrogen and oxygen atoms in total. The third-order valence-corrected chi connectivity index (χ3v) is 4.10. The van der Waals surface area contributed by atoms with Gasteiger partial charge in [0.25, 0.3) is 0 Å². The second kappa shape index (κ2) is 7.10. The molecule has 0 saturated carbocycles. The van der Waals surface area contributed by atoms with E-state index in [1.54, 1.807) is 12.1 Å². The lowest BCUT2D eigenvalue weighted by molar-refractivity contribution is -0.359. The zero-order valence-corrected chi connectivity index (χ0v) is 15.2. The molecule has 2 heterocycles. The van der Waals surface area contributed by atoms with Crippen LogP contribution in [0.5, 0.6) is 5.75 Å². The second-order valence-corrected chi connectivity index (χ2v) is 7.07. The number of hydrogen-bond donors (Lipinski definition) is 1. The zero-order chi connectivity index (χ0) is 20.6. The molecule has 1 aliphatic rings. The van der Waals surface area contributed by atoms with E-state index < -0.39 is 30.1 Å². The molecule has 152 valence electrons. The molecule has 1 atom stereocenters. The predicted molar refractivity (Wildman–Crippen MR) is 90.1 cm³/mol. The summed E-state index contributed by atoms with van der Waals surface area (Å²) in [6.07, 6.45) is -2.13. The SMILES string of the molecule is CC1(C)COC(COc2ccc(Cn3cc(C(=O)O)cn3)cc2)(C(F)(F)F)O1. The number of ether oxygens (including phenoxy) is 3. The van der Waals surface area contributed by atoms with Crippen LogP contribution < -0.4 is 4.74 Å². The van der Waals surface area contributed by atoms with Crippen molar-refractivity contribution in [1.82, 2.24) is 9.78 Å². The number of hydrogen-bond acceptors (Lipinski definition) is 5. The van der Waals surface area contributed by atoms with Gasteiger partial charge in [-0.15, -0.1) is 0 Å². The number of aromatic carboxylic acids is 1. The number of aromatic nitrogens is 2. The van der Waals surface area contributed by atoms with Crippen molar-refractivity contribution in [3.05, 3.63) is 47.8 Å². The molecule has 0 bridgehead atoms. The van der Waals surface area contributed by atoms with Gasteiger partial charge in [0.1, 0.15) is 5.75 Å². The van der Waals surface area contributed by atoms with Crippen LogP contribution in [-0.4, -0.2) is 51.6 Å². The van der Waals surface area contributed by atoms with E-state index in [4.69, 9.17) is 19.3 Å². The molecule has 2 aromatic rings. The molecule has 1 fully saturated rings. The van der Waals surface area contributed by atoms with Crippen LogP contribution in [0.2, 0.25) is 0 Å². The van der Waals surface area contributed by atoms with Crippen molar-refractivity contribution < 1.29 is 37.3 Å². The summed E-state index contributed by atoms with van der Waals surface area (Å²) in [5.41, 5.74) is -0.231. The van der Waals surface area contributed by atoms with E-state index in [2.05, 4.69) is 5.10 Å². The quantitative estimate of drug-likeness (QED) is 0.803. The van der Waals surface area contributed by atoms with Gasteiger partial charge >= 0.3 is 17.9 Å². The molecule has 1 aliphatic heterocycles. The molecule has 1 unspecified atom stereocenters. The molecule has 1 saturated heterocycles. The first-order valence-electron chi connectivity index (χ1n) is 8.38. The van der Waals surface area contributed by atoms with Crippen LogP contribution in [0.1, 0.15) is 29.8 Å². The lowest BCUT2D eigenvalue weighted by Gasteiger charge is -2.31. The van der Waals surface area contributed by atoms with Crippen LogP contribution in [0.15, 0.2) is 36.7 Å². The minimum absolute atomic E-state index is 0.0666. The molecule has 1 N–H and O–H groups in total. The van der Waals surface area contributed by atoms with Gasteiger partial charge in [-0.25, -0.2) is 4.79 Å². The van der Waals surface area contributed by atoms with Crippen molar-refractivity contribution in [1.29, 1.82) is 0 Å². The van der Waals surface area contributed by atoms with Gasteiger partial charge in [0.15, 0.2) is 6.61 Å². The normalized spacial score (nSPS) is 21.6. The largest absolute Gasteiger partial charge is 0.488 e. The molecule has 28 heavy (non-hydrogen) atoms. The van der Waals surface area contributed by atoms with Gasteiger partial charge in [0.2, 0.25) is 0 Å². The third kappa shape index (κ3) is 4.28. The van der Waals surface area contributed by atoms with E-state index in [9.17, 15) is 18.0 Å². The molecule has 0 radical (unpaired) electrons. The highest BCUT2D eigenvalue weighted by molar-refractivity contribution is 5.86. The second-order valence-electron chi connectivity index (χ2n) is 7.07. The maximum atomic E-state index is 13.4. The average Bonchev–Trinajstić information content (AvgIpc) is 3.19. The highest BCUT2D eigenvalue weighted by atomic mass is 19.4. The first kappa shape index (κ1) is 20.2. The average molecular weight is 400 g/mol. The van der Waals surface area contributed by atoms with E-state index in [-0.39, 0.29) is 17.9 Å². The molecular weight excluding hydrogens is 381 g/mol. The first-order chi connectivity index (χ1) is 13.0. The van der Waals surface area contributed by atoms with Crippen LogP contribution in [0.3, 0.4) is 0 Å². The van der Waals surface area contributed by atoms with Gasteiger partial charge < -0.3 is 19.3 Å². The maximum absolute atomic E-state index is 13.4. The summed E-state index contributed by atoms with van der Waals surface area (Å²) in [5, 5.41) is 12.8.